The van der Waals surface area contributed by atoms with Crippen molar-refractivity contribution >= 4 is 24.1 Å². The van der Waals surface area contributed by atoms with Crippen molar-refractivity contribution in [2.45, 2.75) is 41.5 Å². The summed E-state index contributed by atoms with van der Waals surface area (Å²) in [6.45, 7) is 12.8. The number of hydrogen-bond acceptors (Lipinski definition) is 1. The lowest BCUT2D eigenvalue weighted by molar-refractivity contribution is 0.108. The second-order valence-electron chi connectivity index (χ2n) is 7.50. The summed E-state index contributed by atoms with van der Waals surface area (Å²) in [7, 11) is -1.14. The van der Waals surface area contributed by atoms with E-state index in [0.717, 1.165) is 5.56 Å². The Hall–Kier alpha value is -2.24. The summed E-state index contributed by atoms with van der Waals surface area (Å²) < 4.78 is 0. The minimum absolute atomic E-state index is 0.232. The molecule has 3 rings (SSSR count). The molecule has 0 aliphatic heterocycles. The molecular weight excluding hydrogens is 347 g/mol. The molecule has 0 amide bonds. The molecule has 0 saturated carbocycles. The lowest BCUT2D eigenvalue weighted by Gasteiger charge is -2.25. The van der Waals surface area contributed by atoms with Crippen LogP contribution in [0, 0.1) is 41.5 Å². The van der Waals surface area contributed by atoms with Gasteiger partial charge in [0.2, 0.25) is 0 Å². The molecule has 0 atom stereocenters. The van der Waals surface area contributed by atoms with Crippen molar-refractivity contribution in [1.29, 1.82) is 0 Å². The van der Waals surface area contributed by atoms with Crippen molar-refractivity contribution in [3.05, 3.63) is 93.5 Å². The first-order chi connectivity index (χ1) is 12.8. The molecule has 27 heavy (non-hydrogen) atoms. The molecule has 1 nitrogen and oxygen atoms in total. The molecular formula is C25H27OP. The van der Waals surface area contributed by atoms with Crippen molar-refractivity contribution in [1.82, 2.24) is 0 Å². The van der Waals surface area contributed by atoms with Gasteiger partial charge in [0, 0.05) is 13.5 Å². The van der Waals surface area contributed by atoms with Gasteiger partial charge in [0.1, 0.15) is 0 Å². The van der Waals surface area contributed by atoms with E-state index in [2.05, 4.69) is 65.8 Å². The second kappa shape index (κ2) is 7.79. The van der Waals surface area contributed by atoms with Gasteiger partial charge in [-0.25, -0.2) is 0 Å². The van der Waals surface area contributed by atoms with Crippen molar-refractivity contribution in [2.75, 3.05) is 0 Å². The third kappa shape index (κ3) is 3.89. The minimum atomic E-state index is -1.14. The standard InChI is InChI=1S/C25H27OP/c1-16-12-18(3)23(19(4)13-16)27(25(26)22-10-8-7-9-11-22)24-20(5)14-17(2)15-21(24)6/h7-15H,1-6H3. The fourth-order valence-corrected chi connectivity index (χ4v) is 6.78. The van der Waals surface area contributed by atoms with Crippen LogP contribution in [0.1, 0.15) is 43.7 Å². The highest BCUT2D eigenvalue weighted by Gasteiger charge is 2.29. The summed E-state index contributed by atoms with van der Waals surface area (Å²) in [4.78, 5) is 13.8. The van der Waals surface area contributed by atoms with E-state index in [1.165, 1.54) is 44.0 Å². The summed E-state index contributed by atoms with van der Waals surface area (Å²) >= 11 is 0. The van der Waals surface area contributed by atoms with Crippen LogP contribution in [0.2, 0.25) is 0 Å². The predicted octanol–water partition coefficient (Wildman–Crippen LogP) is 5.81. The van der Waals surface area contributed by atoms with Crippen LogP contribution >= 0.6 is 7.92 Å². The molecule has 0 aliphatic rings. The first-order valence-corrected chi connectivity index (χ1v) is 10.7. The third-order valence-corrected chi connectivity index (χ3v) is 7.91. The Morgan fingerprint density at radius 2 is 1.00 bits per heavy atom. The fourth-order valence-electron chi connectivity index (χ4n) is 4.07. The first kappa shape index (κ1) is 19.5. The maximum absolute atomic E-state index is 13.8. The lowest BCUT2D eigenvalue weighted by Crippen LogP contribution is -2.26. The summed E-state index contributed by atoms with van der Waals surface area (Å²) in [5, 5.41) is 2.42. The molecule has 0 heterocycles. The maximum atomic E-state index is 13.8. The number of carbonyl (C=O) groups is 1. The number of carbonyl (C=O) groups excluding carboxylic acids is 1. The molecule has 138 valence electrons. The van der Waals surface area contributed by atoms with E-state index in [9.17, 15) is 4.79 Å². The van der Waals surface area contributed by atoms with E-state index < -0.39 is 7.92 Å². The average Bonchev–Trinajstić information content (AvgIpc) is 2.59. The van der Waals surface area contributed by atoms with E-state index >= 15 is 0 Å². The van der Waals surface area contributed by atoms with Gasteiger partial charge in [-0.15, -0.1) is 0 Å². The Labute approximate surface area is 164 Å². The summed E-state index contributed by atoms with van der Waals surface area (Å²) in [6.07, 6.45) is 0. The van der Waals surface area contributed by atoms with Gasteiger partial charge in [0.05, 0.1) is 0 Å². The molecule has 0 fully saturated rings. The minimum Gasteiger partial charge on any atom is -0.288 e. The molecule has 0 spiro atoms. The third-order valence-electron chi connectivity index (χ3n) is 4.94. The Bertz CT molecular complexity index is 899. The Kier molecular flexibility index (Phi) is 5.63. The molecule has 0 saturated heterocycles. The highest BCUT2D eigenvalue weighted by molar-refractivity contribution is 7.88. The van der Waals surface area contributed by atoms with Gasteiger partial charge in [-0.1, -0.05) is 65.7 Å². The van der Waals surface area contributed by atoms with Gasteiger partial charge in [-0.2, -0.15) is 0 Å². The maximum Gasteiger partial charge on any atom is 0.193 e. The topological polar surface area (TPSA) is 17.1 Å². The van der Waals surface area contributed by atoms with Crippen LogP contribution in [0.4, 0.5) is 0 Å². The zero-order valence-corrected chi connectivity index (χ0v) is 17.9. The average molecular weight is 374 g/mol. The predicted molar refractivity (Wildman–Crippen MR) is 118 cm³/mol. The summed E-state index contributed by atoms with van der Waals surface area (Å²) in [6, 6.07) is 18.6. The van der Waals surface area contributed by atoms with Gasteiger partial charge >= 0.3 is 0 Å². The van der Waals surface area contributed by atoms with Gasteiger partial charge < -0.3 is 0 Å². The van der Waals surface area contributed by atoms with Crippen LogP contribution in [0.25, 0.3) is 0 Å². The number of benzene rings is 3. The normalized spacial score (nSPS) is 11.1. The van der Waals surface area contributed by atoms with Crippen molar-refractivity contribution in [3.63, 3.8) is 0 Å². The van der Waals surface area contributed by atoms with Crippen molar-refractivity contribution in [2.24, 2.45) is 0 Å². The van der Waals surface area contributed by atoms with Crippen molar-refractivity contribution < 1.29 is 4.79 Å². The van der Waals surface area contributed by atoms with Crippen LogP contribution in [0.5, 0.6) is 0 Å². The molecule has 0 unspecified atom stereocenters. The molecule has 2 heteroatoms. The van der Waals surface area contributed by atoms with Crippen LogP contribution in [-0.4, -0.2) is 5.52 Å². The largest absolute Gasteiger partial charge is 0.288 e. The summed E-state index contributed by atoms with van der Waals surface area (Å²) in [5.41, 5.74) is 8.36. The quantitative estimate of drug-likeness (QED) is 0.527. The lowest BCUT2D eigenvalue weighted by atomic mass is 10.1. The van der Waals surface area contributed by atoms with Gasteiger partial charge in [0.25, 0.3) is 0 Å². The van der Waals surface area contributed by atoms with E-state index in [4.69, 9.17) is 0 Å². The van der Waals surface area contributed by atoms with Gasteiger partial charge in [-0.3, -0.25) is 4.79 Å². The zero-order chi connectivity index (χ0) is 19.7. The fraction of sp³-hybridized carbons (Fsp3) is 0.240. The number of hydrogen-bond donors (Lipinski definition) is 0. The monoisotopic (exact) mass is 374 g/mol. The smallest absolute Gasteiger partial charge is 0.193 e. The highest BCUT2D eigenvalue weighted by atomic mass is 31.1. The molecule has 3 aromatic rings. The van der Waals surface area contributed by atoms with E-state index in [1.54, 1.807) is 0 Å². The highest BCUT2D eigenvalue weighted by Crippen LogP contribution is 2.42. The van der Waals surface area contributed by atoms with Gasteiger partial charge in [0.15, 0.2) is 5.52 Å². The molecule has 3 aromatic carbocycles. The van der Waals surface area contributed by atoms with E-state index in [1.807, 2.05) is 30.3 Å². The Morgan fingerprint density at radius 3 is 1.37 bits per heavy atom. The van der Waals surface area contributed by atoms with E-state index in [-0.39, 0.29) is 5.52 Å². The second-order valence-corrected chi connectivity index (χ2v) is 9.47. The zero-order valence-electron chi connectivity index (χ0n) is 17.1. The van der Waals surface area contributed by atoms with Crippen molar-refractivity contribution in [3.8, 4) is 0 Å². The molecule has 0 aromatic heterocycles. The van der Waals surface area contributed by atoms with E-state index in [0.29, 0.717) is 0 Å². The van der Waals surface area contributed by atoms with Gasteiger partial charge in [-0.05, 0) is 74.4 Å². The SMILES string of the molecule is Cc1cc(C)c(P(C(=O)c2ccccc2)c2c(C)cc(C)cc2C)c(C)c1. The number of rotatable bonds is 4. The van der Waals surface area contributed by atoms with Crippen LogP contribution in [0.15, 0.2) is 54.6 Å². The van der Waals surface area contributed by atoms with Crippen LogP contribution < -0.4 is 10.6 Å². The van der Waals surface area contributed by atoms with Crippen LogP contribution in [-0.2, 0) is 0 Å². The van der Waals surface area contributed by atoms with Crippen LogP contribution in [0.3, 0.4) is 0 Å². The molecule has 0 radical (unpaired) electrons. The Balaban J connectivity index is 2.31. The number of aryl methyl sites for hydroxylation is 6. The molecule has 0 N–H and O–H groups in total. The first-order valence-electron chi connectivity index (χ1n) is 9.35. The summed E-state index contributed by atoms with van der Waals surface area (Å²) in [5.74, 6) is 0. The molecule has 0 bridgehead atoms. The molecule has 0 aliphatic carbocycles. The Morgan fingerprint density at radius 1 is 0.630 bits per heavy atom.